The molecule has 0 aliphatic heterocycles. The standard InChI is InChI=1S/C13H10BrNO/c14-12-3-1-10(2-4-12)9-13(16)11-5-7-15-8-6-11/h1-8H,9H2. The van der Waals surface area contributed by atoms with Crippen LogP contribution in [-0.4, -0.2) is 10.8 Å². The van der Waals surface area contributed by atoms with Gasteiger partial charge in [0, 0.05) is 28.9 Å². The second-order valence-electron chi connectivity index (χ2n) is 3.46. The van der Waals surface area contributed by atoms with Crippen molar-refractivity contribution in [2.45, 2.75) is 6.42 Å². The van der Waals surface area contributed by atoms with Gasteiger partial charge in [0.05, 0.1) is 0 Å². The van der Waals surface area contributed by atoms with Gasteiger partial charge in [0.1, 0.15) is 0 Å². The maximum Gasteiger partial charge on any atom is 0.167 e. The van der Waals surface area contributed by atoms with Gasteiger partial charge >= 0.3 is 0 Å². The van der Waals surface area contributed by atoms with Gasteiger partial charge in [0.15, 0.2) is 5.78 Å². The van der Waals surface area contributed by atoms with E-state index in [2.05, 4.69) is 20.9 Å². The summed E-state index contributed by atoms with van der Waals surface area (Å²) < 4.78 is 1.02. The highest BCUT2D eigenvalue weighted by atomic mass is 79.9. The number of nitrogens with zero attached hydrogens (tertiary/aromatic N) is 1. The van der Waals surface area contributed by atoms with Crippen LogP contribution in [0.3, 0.4) is 0 Å². The number of pyridine rings is 1. The van der Waals surface area contributed by atoms with E-state index in [0.29, 0.717) is 12.0 Å². The lowest BCUT2D eigenvalue weighted by molar-refractivity contribution is 0.0993. The van der Waals surface area contributed by atoms with Gasteiger partial charge in [-0.25, -0.2) is 0 Å². The van der Waals surface area contributed by atoms with E-state index in [1.54, 1.807) is 24.5 Å². The third kappa shape index (κ3) is 2.76. The van der Waals surface area contributed by atoms with Crippen molar-refractivity contribution in [1.82, 2.24) is 4.98 Å². The van der Waals surface area contributed by atoms with Gasteiger partial charge in [-0.1, -0.05) is 28.1 Å². The van der Waals surface area contributed by atoms with Crippen LogP contribution in [-0.2, 0) is 6.42 Å². The quantitative estimate of drug-likeness (QED) is 0.805. The third-order valence-corrected chi connectivity index (χ3v) is 2.81. The number of benzene rings is 1. The average Bonchev–Trinajstić information content (AvgIpc) is 2.33. The lowest BCUT2D eigenvalue weighted by Gasteiger charge is -2.01. The van der Waals surface area contributed by atoms with E-state index in [1.165, 1.54) is 0 Å². The van der Waals surface area contributed by atoms with Crippen molar-refractivity contribution in [3.05, 3.63) is 64.4 Å². The molecule has 3 heteroatoms. The number of hydrogen-bond acceptors (Lipinski definition) is 2. The number of carbonyl (C=O) groups is 1. The molecular weight excluding hydrogens is 266 g/mol. The van der Waals surface area contributed by atoms with Crippen molar-refractivity contribution < 1.29 is 4.79 Å². The Balaban J connectivity index is 2.11. The first-order chi connectivity index (χ1) is 7.75. The molecule has 0 aliphatic carbocycles. The third-order valence-electron chi connectivity index (χ3n) is 2.28. The first-order valence-electron chi connectivity index (χ1n) is 4.93. The molecule has 1 heterocycles. The topological polar surface area (TPSA) is 30.0 Å². The molecule has 0 aliphatic rings. The van der Waals surface area contributed by atoms with E-state index in [4.69, 9.17) is 0 Å². The maximum absolute atomic E-state index is 11.9. The minimum Gasteiger partial charge on any atom is -0.294 e. The molecule has 0 unspecified atom stereocenters. The lowest BCUT2D eigenvalue weighted by atomic mass is 10.0. The number of hydrogen-bond donors (Lipinski definition) is 0. The summed E-state index contributed by atoms with van der Waals surface area (Å²) in [7, 11) is 0. The van der Waals surface area contributed by atoms with Crippen molar-refractivity contribution >= 4 is 21.7 Å². The smallest absolute Gasteiger partial charge is 0.167 e. The fraction of sp³-hybridized carbons (Fsp3) is 0.0769. The normalized spacial score (nSPS) is 10.1. The fourth-order valence-corrected chi connectivity index (χ4v) is 1.69. The van der Waals surface area contributed by atoms with Crippen molar-refractivity contribution in [1.29, 1.82) is 0 Å². The first-order valence-corrected chi connectivity index (χ1v) is 5.72. The van der Waals surface area contributed by atoms with Crippen LogP contribution in [0.5, 0.6) is 0 Å². The van der Waals surface area contributed by atoms with E-state index < -0.39 is 0 Å². The van der Waals surface area contributed by atoms with Crippen LogP contribution < -0.4 is 0 Å². The molecule has 2 aromatic rings. The number of Topliss-reactive ketones (excluding diaryl/α,β-unsaturated/α-hetero) is 1. The predicted molar refractivity (Wildman–Crippen MR) is 66.4 cm³/mol. The molecular formula is C13H10BrNO. The number of halogens is 1. The summed E-state index contributed by atoms with van der Waals surface area (Å²) in [6.07, 6.45) is 3.70. The summed E-state index contributed by atoms with van der Waals surface area (Å²) in [5, 5.41) is 0. The van der Waals surface area contributed by atoms with Gasteiger partial charge in [0.2, 0.25) is 0 Å². The highest BCUT2D eigenvalue weighted by molar-refractivity contribution is 9.10. The number of aromatic nitrogens is 1. The molecule has 0 bridgehead atoms. The van der Waals surface area contributed by atoms with E-state index in [-0.39, 0.29) is 5.78 Å². The highest BCUT2D eigenvalue weighted by Gasteiger charge is 2.05. The Morgan fingerprint density at radius 2 is 1.69 bits per heavy atom. The molecule has 0 amide bonds. The zero-order valence-electron chi connectivity index (χ0n) is 8.56. The summed E-state index contributed by atoms with van der Waals surface area (Å²) in [6, 6.07) is 11.2. The van der Waals surface area contributed by atoms with E-state index in [9.17, 15) is 4.79 Å². The number of rotatable bonds is 3. The van der Waals surface area contributed by atoms with Crippen molar-refractivity contribution in [3.63, 3.8) is 0 Å². The van der Waals surface area contributed by atoms with Crippen molar-refractivity contribution in [2.75, 3.05) is 0 Å². The van der Waals surface area contributed by atoms with Gasteiger partial charge in [-0.05, 0) is 29.8 Å². The SMILES string of the molecule is O=C(Cc1ccc(Br)cc1)c1ccncc1. The first kappa shape index (κ1) is 11.0. The van der Waals surface area contributed by atoms with Crippen LogP contribution in [0, 0.1) is 0 Å². The Hall–Kier alpha value is -1.48. The zero-order valence-corrected chi connectivity index (χ0v) is 10.1. The fourth-order valence-electron chi connectivity index (χ4n) is 1.43. The largest absolute Gasteiger partial charge is 0.294 e. The molecule has 1 aromatic carbocycles. The summed E-state index contributed by atoms with van der Waals surface area (Å²) >= 11 is 3.36. The molecule has 0 atom stereocenters. The second kappa shape index (κ2) is 5.03. The molecule has 2 rings (SSSR count). The number of ketones is 1. The number of carbonyl (C=O) groups excluding carboxylic acids is 1. The van der Waals surface area contributed by atoms with Crippen LogP contribution >= 0.6 is 15.9 Å². The van der Waals surface area contributed by atoms with E-state index >= 15 is 0 Å². The van der Waals surface area contributed by atoms with Gasteiger partial charge in [-0.2, -0.15) is 0 Å². The molecule has 0 saturated carbocycles. The Kier molecular flexibility index (Phi) is 3.47. The molecule has 2 nitrogen and oxygen atoms in total. The molecule has 0 saturated heterocycles. The Morgan fingerprint density at radius 3 is 2.31 bits per heavy atom. The summed E-state index contributed by atoms with van der Waals surface area (Å²) in [5.41, 5.74) is 1.72. The molecule has 16 heavy (non-hydrogen) atoms. The van der Waals surface area contributed by atoms with Gasteiger partial charge in [0.25, 0.3) is 0 Å². The molecule has 0 N–H and O–H groups in total. The van der Waals surface area contributed by atoms with Crippen molar-refractivity contribution in [2.24, 2.45) is 0 Å². The molecule has 0 fully saturated rings. The van der Waals surface area contributed by atoms with Crippen LogP contribution in [0.1, 0.15) is 15.9 Å². The van der Waals surface area contributed by atoms with Crippen LogP contribution in [0.15, 0.2) is 53.3 Å². The van der Waals surface area contributed by atoms with Crippen LogP contribution in [0.2, 0.25) is 0 Å². The van der Waals surface area contributed by atoms with Gasteiger partial charge in [-0.3, -0.25) is 9.78 Å². The van der Waals surface area contributed by atoms with E-state index in [1.807, 2.05) is 24.3 Å². The monoisotopic (exact) mass is 275 g/mol. The van der Waals surface area contributed by atoms with Crippen molar-refractivity contribution in [3.8, 4) is 0 Å². The average molecular weight is 276 g/mol. The summed E-state index contributed by atoms with van der Waals surface area (Å²) in [4.78, 5) is 15.7. The Bertz CT molecular complexity index is 479. The van der Waals surface area contributed by atoms with Gasteiger partial charge in [-0.15, -0.1) is 0 Å². The van der Waals surface area contributed by atoms with Crippen LogP contribution in [0.25, 0.3) is 0 Å². The van der Waals surface area contributed by atoms with Gasteiger partial charge < -0.3 is 0 Å². The molecule has 80 valence electrons. The lowest BCUT2D eigenvalue weighted by Crippen LogP contribution is -2.03. The zero-order chi connectivity index (χ0) is 11.4. The Labute approximate surface area is 102 Å². The van der Waals surface area contributed by atoms with E-state index in [0.717, 1.165) is 10.0 Å². The molecule has 0 spiro atoms. The Morgan fingerprint density at radius 1 is 1.06 bits per heavy atom. The minimum absolute atomic E-state index is 0.115. The second-order valence-corrected chi connectivity index (χ2v) is 4.38. The summed E-state index contributed by atoms with van der Waals surface area (Å²) in [6.45, 7) is 0. The van der Waals surface area contributed by atoms with Crippen LogP contribution in [0.4, 0.5) is 0 Å². The minimum atomic E-state index is 0.115. The predicted octanol–water partition coefficient (Wildman–Crippen LogP) is 3.27. The molecule has 0 radical (unpaired) electrons. The maximum atomic E-state index is 11.9. The summed E-state index contributed by atoms with van der Waals surface area (Å²) in [5.74, 6) is 0.115. The highest BCUT2D eigenvalue weighted by Crippen LogP contribution is 2.12. The molecule has 1 aromatic heterocycles.